The zero-order valence-electron chi connectivity index (χ0n) is 10.9. The van der Waals surface area contributed by atoms with Gasteiger partial charge < -0.3 is 20.8 Å². The Labute approximate surface area is 111 Å². The van der Waals surface area contributed by atoms with Crippen LogP contribution in [0.3, 0.4) is 0 Å². The van der Waals surface area contributed by atoms with Gasteiger partial charge in [-0.3, -0.25) is 4.79 Å². The van der Waals surface area contributed by atoms with E-state index in [1.165, 1.54) is 6.07 Å². The molecule has 1 aliphatic heterocycles. The summed E-state index contributed by atoms with van der Waals surface area (Å²) in [5.41, 5.74) is 5.61. The van der Waals surface area contributed by atoms with Crippen LogP contribution < -0.4 is 16.6 Å². The highest BCUT2D eigenvalue weighted by Gasteiger charge is 2.32. The molecule has 0 radical (unpaired) electrons. The fourth-order valence-corrected chi connectivity index (χ4v) is 2.50. The van der Waals surface area contributed by atoms with Crippen molar-refractivity contribution in [3.05, 3.63) is 22.2 Å². The van der Waals surface area contributed by atoms with Gasteiger partial charge in [0.05, 0.1) is 5.54 Å². The number of ether oxygens (including phenoxy) is 1. The van der Waals surface area contributed by atoms with Crippen LogP contribution >= 0.6 is 0 Å². The van der Waals surface area contributed by atoms with Crippen LogP contribution in [0.4, 0.5) is 5.82 Å². The number of aromatic nitrogens is 2. The molecule has 6 heteroatoms. The van der Waals surface area contributed by atoms with Crippen LogP contribution in [0.2, 0.25) is 0 Å². The number of nitrogens with one attached hydrogen (secondary N) is 2. The smallest absolute Gasteiger partial charge is 0.252 e. The molecule has 0 bridgehead atoms. The minimum absolute atomic E-state index is 0.0985. The van der Waals surface area contributed by atoms with E-state index in [1.54, 1.807) is 0 Å². The number of hydrogen-bond donors (Lipinski definition) is 3. The summed E-state index contributed by atoms with van der Waals surface area (Å²) < 4.78 is 5.38. The molecule has 0 unspecified atom stereocenters. The summed E-state index contributed by atoms with van der Waals surface area (Å²) in [6.07, 6.45) is 3.91. The van der Waals surface area contributed by atoms with E-state index >= 15 is 0 Å². The summed E-state index contributed by atoms with van der Waals surface area (Å²) in [7, 11) is 0. The largest absolute Gasteiger partial charge is 0.381 e. The van der Waals surface area contributed by atoms with Crippen LogP contribution in [-0.2, 0) is 4.74 Å². The molecule has 1 saturated carbocycles. The number of anilines is 1. The molecule has 2 aliphatic rings. The van der Waals surface area contributed by atoms with Gasteiger partial charge in [0.1, 0.15) is 11.6 Å². The van der Waals surface area contributed by atoms with Gasteiger partial charge in [0.15, 0.2) is 0 Å². The fraction of sp³-hybridized carbons (Fsp3) is 0.692. The third kappa shape index (κ3) is 2.79. The van der Waals surface area contributed by atoms with Crippen molar-refractivity contribution in [2.75, 3.05) is 25.1 Å². The molecular formula is C13H20N4O2. The molecule has 3 rings (SSSR count). The Morgan fingerprint density at radius 2 is 2.21 bits per heavy atom. The van der Waals surface area contributed by atoms with Crippen LogP contribution in [0, 0.1) is 0 Å². The van der Waals surface area contributed by atoms with Crippen molar-refractivity contribution in [2.24, 2.45) is 5.73 Å². The number of nitrogens with two attached hydrogens (primary N) is 1. The first kappa shape index (κ1) is 12.6. The first-order valence-corrected chi connectivity index (χ1v) is 6.88. The summed E-state index contributed by atoms with van der Waals surface area (Å²) in [4.78, 5) is 19.0. The molecule has 0 spiro atoms. The summed E-state index contributed by atoms with van der Waals surface area (Å²) in [5.74, 6) is 1.87. The Hall–Kier alpha value is -1.40. The molecule has 1 saturated heterocycles. The standard InChI is InChI=1S/C13H20N4O2/c14-8-13(3-5-19-6-4-13)17-10-7-11(18)16-12(15-10)9-1-2-9/h7,9H,1-6,8,14H2,(H2,15,16,17,18). The average molecular weight is 264 g/mol. The monoisotopic (exact) mass is 264 g/mol. The molecule has 0 aromatic carbocycles. The van der Waals surface area contributed by atoms with Crippen molar-refractivity contribution in [1.29, 1.82) is 0 Å². The van der Waals surface area contributed by atoms with Crippen molar-refractivity contribution in [1.82, 2.24) is 9.97 Å². The number of H-pyrrole nitrogens is 1. The molecule has 6 nitrogen and oxygen atoms in total. The Kier molecular flexibility index (Phi) is 3.28. The van der Waals surface area contributed by atoms with Gasteiger partial charge in [0.25, 0.3) is 5.56 Å². The summed E-state index contributed by atoms with van der Waals surface area (Å²) in [5, 5.41) is 3.37. The van der Waals surface area contributed by atoms with E-state index in [0.29, 0.717) is 31.5 Å². The van der Waals surface area contributed by atoms with E-state index in [1.807, 2.05) is 0 Å². The molecule has 4 N–H and O–H groups in total. The van der Waals surface area contributed by atoms with Crippen molar-refractivity contribution in [3.63, 3.8) is 0 Å². The van der Waals surface area contributed by atoms with Crippen molar-refractivity contribution in [3.8, 4) is 0 Å². The molecule has 1 aromatic rings. The third-order valence-corrected chi connectivity index (χ3v) is 3.96. The van der Waals surface area contributed by atoms with Crippen LogP contribution in [0.25, 0.3) is 0 Å². The Bertz CT molecular complexity index is 504. The molecule has 104 valence electrons. The zero-order valence-corrected chi connectivity index (χ0v) is 10.9. The first-order valence-electron chi connectivity index (χ1n) is 6.88. The van der Waals surface area contributed by atoms with Gasteiger partial charge in [-0.15, -0.1) is 0 Å². The lowest BCUT2D eigenvalue weighted by Crippen LogP contribution is -2.50. The van der Waals surface area contributed by atoms with Crippen LogP contribution in [-0.4, -0.2) is 35.3 Å². The lowest BCUT2D eigenvalue weighted by molar-refractivity contribution is 0.0627. The molecule has 1 aromatic heterocycles. The van der Waals surface area contributed by atoms with E-state index in [0.717, 1.165) is 31.5 Å². The van der Waals surface area contributed by atoms with Gasteiger partial charge >= 0.3 is 0 Å². The Morgan fingerprint density at radius 1 is 1.47 bits per heavy atom. The quantitative estimate of drug-likeness (QED) is 0.739. The highest BCUT2D eigenvalue weighted by atomic mass is 16.5. The molecular weight excluding hydrogens is 244 g/mol. The minimum atomic E-state index is -0.195. The maximum absolute atomic E-state index is 11.7. The van der Waals surface area contributed by atoms with Gasteiger partial charge in [-0.05, 0) is 25.7 Å². The summed E-state index contributed by atoms with van der Waals surface area (Å²) in [6, 6.07) is 1.51. The van der Waals surface area contributed by atoms with Crippen LogP contribution in [0.1, 0.15) is 37.4 Å². The van der Waals surface area contributed by atoms with E-state index in [9.17, 15) is 4.79 Å². The second-order valence-electron chi connectivity index (χ2n) is 5.51. The van der Waals surface area contributed by atoms with Crippen molar-refractivity contribution in [2.45, 2.75) is 37.1 Å². The number of hydrogen-bond acceptors (Lipinski definition) is 5. The molecule has 2 heterocycles. The van der Waals surface area contributed by atoms with Crippen LogP contribution in [0.15, 0.2) is 10.9 Å². The normalized spacial score (nSPS) is 22.2. The van der Waals surface area contributed by atoms with Gasteiger partial charge in [0, 0.05) is 31.7 Å². The molecule has 0 amide bonds. The topological polar surface area (TPSA) is 93.0 Å². The van der Waals surface area contributed by atoms with Crippen LogP contribution in [0.5, 0.6) is 0 Å². The third-order valence-electron chi connectivity index (χ3n) is 3.96. The molecule has 19 heavy (non-hydrogen) atoms. The summed E-state index contributed by atoms with van der Waals surface area (Å²) in [6.45, 7) is 1.91. The maximum atomic E-state index is 11.7. The predicted molar refractivity (Wildman–Crippen MR) is 72.3 cm³/mol. The number of nitrogens with zero attached hydrogens (tertiary/aromatic N) is 1. The van der Waals surface area contributed by atoms with E-state index in [-0.39, 0.29) is 11.1 Å². The number of aromatic amines is 1. The maximum Gasteiger partial charge on any atom is 0.252 e. The fourth-order valence-electron chi connectivity index (χ4n) is 2.50. The highest BCUT2D eigenvalue weighted by Crippen LogP contribution is 2.38. The average Bonchev–Trinajstić information content (AvgIpc) is 3.23. The second kappa shape index (κ2) is 4.94. The van der Waals surface area contributed by atoms with Gasteiger partial charge in [-0.1, -0.05) is 0 Å². The molecule has 2 fully saturated rings. The van der Waals surface area contributed by atoms with Gasteiger partial charge in [-0.2, -0.15) is 0 Å². The lowest BCUT2D eigenvalue weighted by Gasteiger charge is -2.37. The molecule has 1 aliphatic carbocycles. The van der Waals surface area contributed by atoms with E-state index in [4.69, 9.17) is 10.5 Å². The molecule has 0 atom stereocenters. The second-order valence-corrected chi connectivity index (χ2v) is 5.51. The first-order chi connectivity index (χ1) is 9.21. The lowest BCUT2D eigenvalue weighted by atomic mass is 9.90. The van der Waals surface area contributed by atoms with Crippen molar-refractivity contribution >= 4 is 5.82 Å². The Morgan fingerprint density at radius 3 is 2.84 bits per heavy atom. The zero-order chi connectivity index (χ0) is 13.3. The number of rotatable bonds is 4. The highest BCUT2D eigenvalue weighted by molar-refractivity contribution is 5.38. The predicted octanol–water partition coefficient (Wildman–Crippen LogP) is 0.567. The summed E-state index contributed by atoms with van der Waals surface area (Å²) >= 11 is 0. The van der Waals surface area contributed by atoms with E-state index < -0.39 is 0 Å². The van der Waals surface area contributed by atoms with Gasteiger partial charge in [-0.25, -0.2) is 4.98 Å². The SMILES string of the molecule is NCC1(Nc2cc(=O)[nH]c(C3CC3)n2)CCOCC1. The van der Waals surface area contributed by atoms with E-state index in [2.05, 4.69) is 15.3 Å². The minimum Gasteiger partial charge on any atom is -0.381 e. The Balaban J connectivity index is 1.83. The van der Waals surface area contributed by atoms with Crippen molar-refractivity contribution < 1.29 is 4.74 Å². The van der Waals surface area contributed by atoms with Gasteiger partial charge in [0.2, 0.25) is 0 Å².